The molecule has 0 aromatic carbocycles. The number of hydrogen-bond acceptors (Lipinski definition) is 3. The molecule has 3 nitrogen and oxygen atoms in total. The topological polar surface area (TPSA) is 35.5 Å². The third-order valence-corrected chi connectivity index (χ3v) is 5.63. The molecule has 0 amide bonds. The van der Waals surface area contributed by atoms with Gasteiger partial charge in [0.05, 0.1) is 0 Å². The summed E-state index contributed by atoms with van der Waals surface area (Å²) in [4.78, 5) is 2.46. The molecule has 2 N–H and O–H groups in total. The van der Waals surface area contributed by atoms with Gasteiger partial charge in [-0.3, -0.25) is 4.90 Å². The van der Waals surface area contributed by atoms with Crippen LogP contribution in [0.5, 0.6) is 0 Å². The van der Waals surface area contributed by atoms with Gasteiger partial charge in [-0.05, 0) is 44.1 Å². The second-order valence-electron chi connectivity index (χ2n) is 7.38. The van der Waals surface area contributed by atoms with E-state index >= 15 is 0 Å². The predicted molar refractivity (Wildman–Crippen MR) is 89.2 cm³/mol. The quantitative estimate of drug-likeness (QED) is 0.641. The monoisotopic (exact) mass is 296 g/mol. The third-order valence-electron chi connectivity index (χ3n) is 5.63. The maximum absolute atomic E-state index is 10.9. The molecule has 2 rings (SSSR count). The van der Waals surface area contributed by atoms with Crippen molar-refractivity contribution in [2.24, 2.45) is 17.8 Å². The number of nitrogens with one attached hydrogen (secondary N) is 1. The summed E-state index contributed by atoms with van der Waals surface area (Å²) in [5, 5.41) is 14.3. The van der Waals surface area contributed by atoms with Crippen LogP contribution < -0.4 is 5.32 Å². The Bertz CT molecular complexity index is 287. The van der Waals surface area contributed by atoms with Crippen LogP contribution in [0.2, 0.25) is 0 Å². The fraction of sp³-hybridized carbons (Fsp3) is 1.00. The summed E-state index contributed by atoms with van der Waals surface area (Å²) in [7, 11) is 0. The van der Waals surface area contributed by atoms with Crippen LogP contribution in [0.25, 0.3) is 0 Å². The van der Waals surface area contributed by atoms with Gasteiger partial charge in [0.25, 0.3) is 0 Å². The summed E-state index contributed by atoms with van der Waals surface area (Å²) >= 11 is 0. The van der Waals surface area contributed by atoms with Crippen LogP contribution >= 0.6 is 0 Å². The Morgan fingerprint density at radius 2 is 2.00 bits per heavy atom. The zero-order valence-electron chi connectivity index (χ0n) is 14.4. The fourth-order valence-electron chi connectivity index (χ4n) is 3.96. The Balaban J connectivity index is 1.93. The van der Waals surface area contributed by atoms with E-state index < -0.39 is 0 Å². The van der Waals surface area contributed by atoms with E-state index in [0.29, 0.717) is 12.0 Å². The summed E-state index contributed by atoms with van der Waals surface area (Å²) in [5.74, 6) is 1.94. The number of rotatable bonds is 9. The van der Waals surface area contributed by atoms with E-state index in [-0.39, 0.29) is 6.23 Å². The van der Waals surface area contributed by atoms with E-state index in [1.807, 2.05) is 0 Å². The summed E-state index contributed by atoms with van der Waals surface area (Å²) in [6.45, 7) is 10.2. The minimum atomic E-state index is -0.229. The zero-order valence-corrected chi connectivity index (χ0v) is 14.4. The molecule has 1 aliphatic carbocycles. The molecule has 1 heterocycles. The van der Waals surface area contributed by atoms with Gasteiger partial charge in [-0.25, -0.2) is 0 Å². The molecule has 1 saturated heterocycles. The highest BCUT2D eigenvalue weighted by Crippen LogP contribution is 2.34. The van der Waals surface area contributed by atoms with Crippen LogP contribution in [-0.4, -0.2) is 41.9 Å². The molecule has 3 heteroatoms. The van der Waals surface area contributed by atoms with Gasteiger partial charge in [0.15, 0.2) is 0 Å². The first kappa shape index (κ1) is 17.2. The summed E-state index contributed by atoms with van der Waals surface area (Å²) in [6.07, 6.45) is 8.57. The van der Waals surface area contributed by atoms with Crippen molar-refractivity contribution in [2.45, 2.75) is 78.0 Å². The Labute approximate surface area is 131 Å². The molecule has 1 saturated carbocycles. The van der Waals surface area contributed by atoms with E-state index in [9.17, 15) is 5.11 Å². The Morgan fingerprint density at radius 3 is 2.52 bits per heavy atom. The highest BCUT2D eigenvalue weighted by atomic mass is 16.3. The van der Waals surface area contributed by atoms with Gasteiger partial charge in [0.2, 0.25) is 0 Å². The van der Waals surface area contributed by atoms with E-state index in [0.717, 1.165) is 31.5 Å². The van der Waals surface area contributed by atoms with Gasteiger partial charge in [-0.2, -0.15) is 0 Å². The number of piperidine rings is 1. The van der Waals surface area contributed by atoms with Crippen molar-refractivity contribution in [3.8, 4) is 0 Å². The van der Waals surface area contributed by atoms with Gasteiger partial charge < -0.3 is 10.4 Å². The molecular weight excluding hydrogens is 260 g/mol. The Kier molecular flexibility index (Phi) is 6.97. The molecule has 2 aliphatic rings. The normalized spacial score (nSPS) is 27.6. The molecule has 0 spiro atoms. The minimum Gasteiger partial charge on any atom is -0.378 e. The maximum Gasteiger partial charge on any atom is 0.111 e. The molecule has 0 radical (unpaired) electrons. The second kappa shape index (κ2) is 8.50. The van der Waals surface area contributed by atoms with Crippen LogP contribution in [0.1, 0.15) is 65.7 Å². The highest BCUT2D eigenvalue weighted by Gasteiger charge is 2.38. The van der Waals surface area contributed by atoms with Crippen molar-refractivity contribution < 1.29 is 5.11 Å². The molecular formula is C18H36N2O. The van der Waals surface area contributed by atoms with Gasteiger partial charge in [0.1, 0.15) is 6.23 Å². The van der Waals surface area contributed by atoms with Crippen molar-refractivity contribution in [3.05, 3.63) is 0 Å². The van der Waals surface area contributed by atoms with Gasteiger partial charge >= 0.3 is 0 Å². The standard InChI is InChI=1S/C18H36N2O/c1-4-7-14(3)15(5-2)13-20(17-9-10-17)18(21)16-8-6-11-19-12-16/h14-19,21H,4-13H2,1-3H3/t14?,15?,16-,18?/m1/s1. The van der Waals surface area contributed by atoms with Crippen LogP contribution in [0.3, 0.4) is 0 Å². The maximum atomic E-state index is 10.9. The number of aliphatic hydroxyl groups is 1. The Morgan fingerprint density at radius 1 is 1.24 bits per heavy atom. The van der Waals surface area contributed by atoms with E-state index in [2.05, 4.69) is 31.0 Å². The molecule has 4 atom stereocenters. The lowest BCUT2D eigenvalue weighted by atomic mass is 9.87. The van der Waals surface area contributed by atoms with Crippen LogP contribution in [0.4, 0.5) is 0 Å². The van der Waals surface area contributed by atoms with Crippen molar-refractivity contribution in [1.29, 1.82) is 0 Å². The van der Waals surface area contributed by atoms with E-state index in [1.165, 1.54) is 44.9 Å². The largest absolute Gasteiger partial charge is 0.378 e. The highest BCUT2D eigenvalue weighted by molar-refractivity contribution is 4.90. The van der Waals surface area contributed by atoms with E-state index in [1.54, 1.807) is 0 Å². The number of aliphatic hydroxyl groups excluding tert-OH is 1. The summed E-state index contributed by atoms with van der Waals surface area (Å²) in [6, 6.07) is 0.657. The van der Waals surface area contributed by atoms with Crippen LogP contribution in [0.15, 0.2) is 0 Å². The van der Waals surface area contributed by atoms with Crippen molar-refractivity contribution in [1.82, 2.24) is 10.2 Å². The summed E-state index contributed by atoms with van der Waals surface area (Å²) < 4.78 is 0. The van der Waals surface area contributed by atoms with Gasteiger partial charge in [-0.1, -0.05) is 40.0 Å². The van der Waals surface area contributed by atoms with Crippen LogP contribution in [0, 0.1) is 17.8 Å². The fourth-order valence-corrected chi connectivity index (χ4v) is 3.96. The smallest absolute Gasteiger partial charge is 0.111 e. The first-order valence-electron chi connectivity index (χ1n) is 9.31. The summed E-state index contributed by atoms with van der Waals surface area (Å²) in [5.41, 5.74) is 0. The predicted octanol–water partition coefficient (Wildman–Crippen LogP) is 3.23. The zero-order chi connectivity index (χ0) is 15.2. The molecule has 0 bridgehead atoms. The molecule has 1 aliphatic heterocycles. The molecule has 0 aromatic rings. The number of nitrogens with zero attached hydrogens (tertiary/aromatic N) is 1. The van der Waals surface area contributed by atoms with Gasteiger partial charge in [0, 0.05) is 25.0 Å². The third kappa shape index (κ3) is 4.94. The molecule has 124 valence electrons. The first-order valence-corrected chi connectivity index (χ1v) is 9.31. The molecule has 0 aromatic heterocycles. The lowest BCUT2D eigenvalue weighted by Gasteiger charge is -2.38. The lowest BCUT2D eigenvalue weighted by Crippen LogP contribution is -2.49. The SMILES string of the molecule is CCCC(C)C(CC)CN(C1CC1)C(O)[C@@H]1CCCNC1. The average molecular weight is 296 g/mol. The molecule has 21 heavy (non-hydrogen) atoms. The van der Waals surface area contributed by atoms with Gasteiger partial charge in [-0.15, -0.1) is 0 Å². The first-order chi connectivity index (χ1) is 10.2. The minimum absolute atomic E-state index is 0.229. The molecule has 3 unspecified atom stereocenters. The van der Waals surface area contributed by atoms with Crippen molar-refractivity contribution >= 4 is 0 Å². The lowest BCUT2D eigenvalue weighted by molar-refractivity contribution is -0.0623. The number of hydrogen-bond donors (Lipinski definition) is 2. The second-order valence-corrected chi connectivity index (χ2v) is 7.38. The average Bonchev–Trinajstić information content (AvgIpc) is 3.33. The van der Waals surface area contributed by atoms with E-state index in [4.69, 9.17) is 0 Å². The van der Waals surface area contributed by atoms with Crippen molar-refractivity contribution in [3.63, 3.8) is 0 Å². The van der Waals surface area contributed by atoms with Crippen molar-refractivity contribution in [2.75, 3.05) is 19.6 Å². The molecule has 2 fully saturated rings. The Hall–Kier alpha value is -0.120. The van der Waals surface area contributed by atoms with Crippen LogP contribution in [-0.2, 0) is 0 Å².